The molecule has 2 heterocycles. The summed E-state index contributed by atoms with van der Waals surface area (Å²) in [4.78, 5) is 31.7. The number of carbonyl (C=O) groups excluding carboxylic acids is 2. The summed E-state index contributed by atoms with van der Waals surface area (Å²) in [5.41, 5.74) is 1.79. The summed E-state index contributed by atoms with van der Waals surface area (Å²) in [5.74, 6) is 1.23. The van der Waals surface area contributed by atoms with Crippen molar-refractivity contribution in [3.63, 3.8) is 0 Å². The smallest absolute Gasteiger partial charge is 0.228 e. The van der Waals surface area contributed by atoms with Crippen LogP contribution in [0.15, 0.2) is 48.5 Å². The van der Waals surface area contributed by atoms with E-state index in [1.807, 2.05) is 60.4 Å². The number of carbonyl (C=O) groups is 2. The van der Waals surface area contributed by atoms with Crippen molar-refractivity contribution in [3.8, 4) is 11.5 Å². The Balaban J connectivity index is 1.39. The van der Waals surface area contributed by atoms with Crippen LogP contribution in [0, 0.1) is 5.92 Å². The molecule has 0 bridgehead atoms. The molecule has 2 aromatic rings. The van der Waals surface area contributed by atoms with Crippen LogP contribution >= 0.6 is 0 Å². The van der Waals surface area contributed by atoms with Crippen LogP contribution in [0.1, 0.15) is 13.3 Å². The standard InChI is InChI=1S/C24H29N3O4/c1-3-31-22-11-7-5-9-20(22)27-17-18(16-23(27)28)24(29)26-14-12-25(13-15-26)19-8-4-6-10-21(19)30-2/h4-11,18H,3,12-17H2,1-2H3/t18-/m1/s1. The van der Waals surface area contributed by atoms with Gasteiger partial charge in [0.2, 0.25) is 11.8 Å². The van der Waals surface area contributed by atoms with Crippen molar-refractivity contribution < 1.29 is 19.1 Å². The van der Waals surface area contributed by atoms with Gasteiger partial charge >= 0.3 is 0 Å². The summed E-state index contributed by atoms with van der Waals surface area (Å²) in [7, 11) is 1.67. The molecule has 31 heavy (non-hydrogen) atoms. The molecule has 2 fully saturated rings. The number of para-hydroxylation sites is 4. The zero-order valence-corrected chi connectivity index (χ0v) is 18.1. The summed E-state index contributed by atoms with van der Waals surface area (Å²) in [6.45, 7) is 5.59. The van der Waals surface area contributed by atoms with Crippen LogP contribution in [0.5, 0.6) is 11.5 Å². The highest BCUT2D eigenvalue weighted by Crippen LogP contribution is 2.34. The van der Waals surface area contributed by atoms with Crippen molar-refractivity contribution in [1.82, 2.24) is 4.90 Å². The first-order chi connectivity index (χ1) is 15.1. The average Bonchev–Trinajstić information content (AvgIpc) is 3.20. The number of hydrogen-bond donors (Lipinski definition) is 0. The third kappa shape index (κ3) is 4.31. The van der Waals surface area contributed by atoms with Crippen molar-refractivity contribution in [2.24, 2.45) is 5.92 Å². The molecule has 0 radical (unpaired) electrons. The van der Waals surface area contributed by atoms with E-state index in [0.29, 0.717) is 32.0 Å². The highest BCUT2D eigenvalue weighted by molar-refractivity contribution is 6.01. The minimum absolute atomic E-state index is 0.0295. The monoisotopic (exact) mass is 423 g/mol. The van der Waals surface area contributed by atoms with Gasteiger partial charge in [-0.1, -0.05) is 24.3 Å². The molecule has 2 aliphatic rings. The van der Waals surface area contributed by atoms with Crippen LogP contribution in [-0.4, -0.2) is 63.2 Å². The summed E-state index contributed by atoms with van der Waals surface area (Å²) < 4.78 is 11.1. The molecule has 4 rings (SSSR count). The summed E-state index contributed by atoms with van der Waals surface area (Å²) in [6.07, 6.45) is 0.242. The van der Waals surface area contributed by atoms with Crippen molar-refractivity contribution in [2.45, 2.75) is 13.3 Å². The minimum atomic E-state index is -0.319. The molecule has 0 saturated carbocycles. The second-order valence-corrected chi connectivity index (χ2v) is 7.79. The molecule has 2 saturated heterocycles. The first kappa shape index (κ1) is 21.0. The minimum Gasteiger partial charge on any atom is -0.495 e. The maximum Gasteiger partial charge on any atom is 0.228 e. The van der Waals surface area contributed by atoms with E-state index in [9.17, 15) is 9.59 Å². The molecule has 0 aromatic heterocycles. The van der Waals surface area contributed by atoms with Crippen molar-refractivity contribution >= 4 is 23.2 Å². The molecule has 0 unspecified atom stereocenters. The van der Waals surface area contributed by atoms with Crippen molar-refractivity contribution in [2.75, 3.05) is 56.2 Å². The number of nitrogens with zero attached hydrogens (tertiary/aromatic N) is 3. The highest BCUT2D eigenvalue weighted by atomic mass is 16.5. The zero-order valence-electron chi connectivity index (χ0n) is 18.1. The molecule has 0 spiro atoms. The molecular weight excluding hydrogens is 394 g/mol. The largest absolute Gasteiger partial charge is 0.495 e. The Kier molecular flexibility index (Phi) is 6.30. The van der Waals surface area contributed by atoms with Gasteiger partial charge in [-0.25, -0.2) is 0 Å². The van der Waals surface area contributed by atoms with Gasteiger partial charge in [0.1, 0.15) is 11.5 Å². The summed E-state index contributed by atoms with van der Waals surface area (Å²) in [5, 5.41) is 0. The van der Waals surface area contributed by atoms with Crippen LogP contribution in [0.3, 0.4) is 0 Å². The molecule has 7 heteroatoms. The Labute approximate surface area is 183 Å². The molecule has 2 amide bonds. The molecule has 0 aliphatic carbocycles. The van der Waals surface area contributed by atoms with Gasteiger partial charge in [0.25, 0.3) is 0 Å². The fraction of sp³-hybridized carbons (Fsp3) is 0.417. The number of piperazine rings is 1. The van der Waals surface area contributed by atoms with E-state index < -0.39 is 0 Å². The zero-order chi connectivity index (χ0) is 21.8. The van der Waals surface area contributed by atoms with Gasteiger partial charge in [0.05, 0.1) is 31.0 Å². The van der Waals surface area contributed by atoms with Crippen molar-refractivity contribution in [1.29, 1.82) is 0 Å². The SMILES string of the molecule is CCOc1ccccc1N1C[C@H](C(=O)N2CCN(c3ccccc3OC)CC2)CC1=O. The number of ether oxygens (including phenoxy) is 2. The second-order valence-electron chi connectivity index (χ2n) is 7.79. The maximum absolute atomic E-state index is 13.2. The highest BCUT2D eigenvalue weighted by Gasteiger charge is 2.38. The number of anilines is 2. The molecule has 0 N–H and O–H groups in total. The fourth-order valence-corrected chi connectivity index (χ4v) is 4.38. The Morgan fingerprint density at radius 2 is 1.61 bits per heavy atom. The molecule has 2 aromatic carbocycles. The van der Waals surface area contributed by atoms with E-state index in [0.717, 1.165) is 30.2 Å². The maximum atomic E-state index is 13.2. The van der Waals surface area contributed by atoms with E-state index in [1.54, 1.807) is 12.0 Å². The number of benzene rings is 2. The Morgan fingerprint density at radius 1 is 0.968 bits per heavy atom. The summed E-state index contributed by atoms with van der Waals surface area (Å²) >= 11 is 0. The lowest BCUT2D eigenvalue weighted by atomic mass is 10.1. The molecule has 1 atom stereocenters. The lowest BCUT2D eigenvalue weighted by molar-refractivity contribution is -0.136. The number of methoxy groups -OCH3 is 1. The lowest BCUT2D eigenvalue weighted by Gasteiger charge is -2.37. The molecular formula is C24H29N3O4. The van der Waals surface area contributed by atoms with E-state index in [-0.39, 0.29) is 24.2 Å². The van der Waals surface area contributed by atoms with Gasteiger partial charge in [-0.2, -0.15) is 0 Å². The fourth-order valence-electron chi connectivity index (χ4n) is 4.38. The summed E-state index contributed by atoms with van der Waals surface area (Å²) in [6, 6.07) is 15.4. The van der Waals surface area contributed by atoms with Gasteiger partial charge in [0, 0.05) is 39.1 Å². The van der Waals surface area contributed by atoms with Crippen LogP contribution in [0.25, 0.3) is 0 Å². The second kappa shape index (κ2) is 9.29. The van der Waals surface area contributed by atoms with Gasteiger partial charge in [-0.15, -0.1) is 0 Å². The van der Waals surface area contributed by atoms with E-state index in [2.05, 4.69) is 4.90 Å². The topological polar surface area (TPSA) is 62.3 Å². The third-order valence-corrected chi connectivity index (χ3v) is 5.95. The van der Waals surface area contributed by atoms with Crippen LogP contribution in [0.4, 0.5) is 11.4 Å². The quantitative estimate of drug-likeness (QED) is 0.715. The first-order valence-electron chi connectivity index (χ1n) is 10.8. The molecule has 2 aliphatic heterocycles. The Hall–Kier alpha value is -3.22. The lowest BCUT2D eigenvalue weighted by Crippen LogP contribution is -2.50. The number of rotatable bonds is 6. The third-order valence-electron chi connectivity index (χ3n) is 5.95. The van der Waals surface area contributed by atoms with Gasteiger partial charge in [-0.05, 0) is 31.2 Å². The number of amides is 2. The molecule has 164 valence electrons. The normalized spacial score (nSPS) is 19.0. The van der Waals surface area contributed by atoms with Gasteiger partial charge in [-0.3, -0.25) is 9.59 Å². The Morgan fingerprint density at radius 3 is 2.29 bits per heavy atom. The van der Waals surface area contributed by atoms with Crippen LogP contribution < -0.4 is 19.3 Å². The average molecular weight is 424 g/mol. The van der Waals surface area contributed by atoms with E-state index >= 15 is 0 Å². The van der Waals surface area contributed by atoms with Crippen molar-refractivity contribution in [3.05, 3.63) is 48.5 Å². The van der Waals surface area contributed by atoms with E-state index in [4.69, 9.17) is 9.47 Å². The van der Waals surface area contributed by atoms with Crippen LogP contribution in [0.2, 0.25) is 0 Å². The Bertz CT molecular complexity index is 940. The first-order valence-corrected chi connectivity index (χ1v) is 10.8. The predicted molar refractivity (Wildman–Crippen MR) is 120 cm³/mol. The van der Waals surface area contributed by atoms with Crippen LogP contribution in [-0.2, 0) is 9.59 Å². The number of hydrogen-bond acceptors (Lipinski definition) is 5. The van der Waals surface area contributed by atoms with Gasteiger partial charge < -0.3 is 24.2 Å². The van der Waals surface area contributed by atoms with E-state index in [1.165, 1.54) is 0 Å². The molecule has 7 nitrogen and oxygen atoms in total. The predicted octanol–water partition coefficient (Wildman–Crippen LogP) is 2.80. The van der Waals surface area contributed by atoms with Gasteiger partial charge in [0.15, 0.2) is 0 Å².